The van der Waals surface area contributed by atoms with Gasteiger partial charge in [0.25, 0.3) is 5.91 Å². The molecule has 2 aromatic rings. The van der Waals surface area contributed by atoms with Crippen LogP contribution in [0.2, 0.25) is 0 Å². The van der Waals surface area contributed by atoms with Gasteiger partial charge >= 0.3 is 0 Å². The van der Waals surface area contributed by atoms with Crippen molar-refractivity contribution in [3.63, 3.8) is 0 Å². The van der Waals surface area contributed by atoms with Gasteiger partial charge in [0.15, 0.2) is 18.1 Å². The monoisotopic (exact) mass is 343 g/mol. The van der Waals surface area contributed by atoms with Crippen molar-refractivity contribution in [2.75, 3.05) is 25.1 Å². The minimum Gasteiger partial charge on any atom is -0.490 e. The molecule has 0 heterocycles. The van der Waals surface area contributed by atoms with Gasteiger partial charge in [0.2, 0.25) is 0 Å². The molecule has 0 bridgehead atoms. The number of anilines is 1. The molecule has 0 unspecified atom stereocenters. The summed E-state index contributed by atoms with van der Waals surface area (Å²) in [5, 5.41) is 2.81. The summed E-state index contributed by atoms with van der Waals surface area (Å²) in [6.45, 7) is 6.92. The molecule has 0 aliphatic carbocycles. The van der Waals surface area contributed by atoms with Gasteiger partial charge in [0.1, 0.15) is 5.75 Å². The van der Waals surface area contributed by atoms with E-state index < -0.39 is 0 Å². The molecule has 0 atom stereocenters. The van der Waals surface area contributed by atoms with Crippen LogP contribution in [-0.4, -0.2) is 25.7 Å². The molecule has 1 N–H and O–H groups in total. The summed E-state index contributed by atoms with van der Waals surface area (Å²) < 4.78 is 16.6. The highest BCUT2D eigenvalue weighted by atomic mass is 16.5. The number of amides is 1. The van der Waals surface area contributed by atoms with Crippen LogP contribution in [0.25, 0.3) is 0 Å². The van der Waals surface area contributed by atoms with Crippen molar-refractivity contribution < 1.29 is 19.0 Å². The molecule has 0 radical (unpaired) electrons. The summed E-state index contributed by atoms with van der Waals surface area (Å²) in [5.41, 5.74) is 1.81. The number of nitrogens with one attached hydrogen (secondary N) is 1. The predicted molar refractivity (Wildman–Crippen MR) is 98.7 cm³/mol. The van der Waals surface area contributed by atoms with Gasteiger partial charge in [-0.05, 0) is 50.1 Å². The van der Waals surface area contributed by atoms with E-state index in [1.807, 2.05) is 38.1 Å². The number of carbonyl (C=O) groups excluding carboxylic acids is 1. The van der Waals surface area contributed by atoms with Crippen molar-refractivity contribution in [1.29, 1.82) is 0 Å². The lowest BCUT2D eigenvalue weighted by molar-refractivity contribution is -0.118. The molecular weight excluding hydrogens is 318 g/mol. The summed E-state index contributed by atoms with van der Waals surface area (Å²) in [4.78, 5) is 12.1. The number of hydrogen-bond acceptors (Lipinski definition) is 4. The Morgan fingerprint density at radius 1 is 0.920 bits per heavy atom. The van der Waals surface area contributed by atoms with Crippen LogP contribution in [0.1, 0.15) is 26.3 Å². The first-order valence-corrected chi connectivity index (χ1v) is 8.57. The zero-order chi connectivity index (χ0) is 18.1. The second-order valence-corrected chi connectivity index (χ2v) is 5.37. The second-order valence-electron chi connectivity index (χ2n) is 5.37. The highest BCUT2D eigenvalue weighted by molar-refractivity contribution is 5.92. The lowest BCUT2D eigenvalue weighted by Gasteiger charge is -2.13. The SMILES string of the molecule is CCOc1ccc(NC(=O)COc2cccc(CC)c2)cc1OCC. The highest BCUT2D eigenvalue weighted by Crippen LogP contribution is 2.30. The van der Waals surface area contributed by atoms with Crippen LogP contribution in [0.4, 0.5) is 5.69 Å². The maximum atomic E-state index is 12.1. The first-order valence-electron chi connectivity index (χ1n) is 8.57. The molecule has 0 aliphatic rings. The Bertz CT molecular complexity index is 700. The number of carbonyl (C=O) groups is 1. The van der Waals surface area contributed by atoms with Gasteiger partial charge in [-0.2, -0.15) is 0 Å². The molecule has 0 aliphatic heterocycles. The zero-order valence-electron chi connectivity index (χ0n) is 15.0. The highest BCUT2D eigenvalue weighted by Gasteiger charge is 2.09. The van der Waals surface area contributed by atoms with Crippen LogP contribution < -0.4 is 19.5 Å². The fourth-order valence-corrected chi connectivity index (χ4v) is 2.33. The van der Waals surface area contributed by atoms with Gasteiger partial charge in [0, 0.05) is 11.8 Å². The summed E-state index contributed by atoms with van der Waals surface area (Å²) in [5.74, 6) is 1.73. The van der Waals surface area contributed by atoms with Gasteiger partial charge in [-0.3, -0.25) is 4.79 Å². The van der Waals surface area contributed by atoms with Gasteiger partial charge in [0.05, 0.1) is 13.2 Å². The van der Waals surface area contributed by atoms with Gasteiger partial charge < -0.3 is 19.5 Å². The Kier molecular flexibility index (Phi) is 7.14. The number of benzene rings is 2. The van der Waals surface area contributed by atoms with Gasteiger partial charge in [-0.25, -0.2) is 0 Å². The van der Waals surface area contributed by atoms with Crippen LogP contribution in [-0.2, 0) is 11.2 Å². The normalized spacial score (nSPS) is 10.2. The number of rotatable bonds is 9. The Morgan fingerprint density at radius 2 is 1.68 bits per heavy atom. The van der Waals surface area contributed by atoms with E-state index in [0.29, 0.717) is 36.1 Å². The van der Waals surface area contributed by atoms with E-state index in [9.17, 15) is 4.79 Å². The Morgan fingerprint density at radius 3 is 2.40 bits per heavy atom. The van der Waals surface area contributed by atoms with Crippen molar-refractivity contribution in [3.8, 4) is 17.2 Å². The van der Waals surface area contributed by atoms with Crippen molar-refractivity contribution in [2.24, 2.45) is 0 Å². The number of ether oxygens (including phenoxy) is 3. The summed E-state index contributed by atoms with van der Waals surface area (Å²) >= 11 is 0. The first-order chi connectivity index (χ1) is 12.2. The third-order valence-electron chi connectivity index (χ3n) is 3.50. The van der Waals surface area contributed by atoms with E-state index in [4.69, 9.17) is 14.2 Å². The van der Waals surface area contributed by atoms with Crippen molar-refractivity contribution in [1.82, 2.24) is 0 Å². The van der Waals surface area contributed by atoms with Gasteiger partial charge in [-0.15, -0.1) is 0 Å². The Hall–Kier alpha value is -2.69. The maximum Gasteiger partial charge on any atom is 0.262 e. The lowest BCUT2D eigenvalue weighted by atomic mass is 10.2. The fraction of sp³-hybridized carbons (Fsp3) is 0.350. The van der Waals surface area contributed by atoms with Crippen LogP contribution >= 0.6 is 0 Å². The smallest absolute Gasteiger partial charge is 0.262 e. The molecule has 0 fully saturated rings. The average molecular weight is 343 g/mol. The van der Waals surface area contributed by atoms with Crippen LogP contribution in [0, 0.1) is 0 Å². The van der Waals surface area contributed by atoms with Crippen molar-refractivity contribution >= 4 is 11.6 Å². The van der Waals surface area contributed by atoms with E-state index >= 15 is 0 Å². The van der Waals surface area contributed by atoms with E-state index in [1.165, 1.54) is 5.56 Å². The van der Waals surface area contributed by atoms with Crippen LogP contribution in [0.15, 0.2) is 42.5 Å². The van der Waals surface area contributed by atoms with E-state index in [2.05, 4.69) is 12.2 Å². The molecule has 2 rings (SSSR count). The quantitative estimate of drug-likeness (QED) is 0.746. The maximum absolute atomic E-state index is 12.1. The number of aryl methyl sites for hydroxylation is 1. The minimum absolute atomic E-state index is 0.0512. The average Bonchev–Trinajstić information content (AvgIpc) is 2.63. The Balaban J connectivity index is 1.96. The standard InChI is InChI=1S/C20H25NO4/c1-4-15-8-7-9-17(12-15)25-14-20(22)21-16-10-11-18(23-5-2)19(13-16)24-6-3/h7-13H,4-6,14H2,1-3H3,(H,21,22). The van der Waals surface area contributed by atoms with Crippen molar-refractivity contribution in [2.45, 2.75) is 27.2 Å². The molecule has 134 valence electrons. The molecule has 2 aromatic carbocycles. The van der Waals surface area contributed by atoms with Crippen molar-refractivity contribution in [3.05, 3.63) is 48.0 Å². The van der Waals surface area contributed by atoms with E-state index in [1.54, 1.807) is 18.2 Å². The lowest BCUT2D eigenvalue weighted by Crippen LogP contribution is -2.20. The summed E-state index contributed by atoms with van der Waals surface area (Å²) in [7, 11) is 0. The third kappa shape index (κ3) is 5.71. The topological polar surface area (TPSA) is 56.8 Å². The van der Waals surface area contributed by atoms with E-state index in [0.717, 1.165) is 6.42 Å². The molecule has 0 saturated heterocycles. The molecule has 0 aromatic heterocycles. The first kappa shape index (κ1) is 18.6. The zero-order valence-corrected chi connectivity index (χ0v) is 15.0. The second kappa shape index (κ2) is 9.57. The summed E-state index contributed by atoms with van der Waals surface area (Å²) in [6.07, 6.45) is 0.926. The molecule has 5 nitrogen and oxygen atoms in total. The predicted octanol–water partition coefficient (Wildman–Crippen LogP) is 4.06. The minimum atomic E-state index is -0.228. The van der Waals surface area contributed by atoms with E-state index in [-0.39, 0.29) is 12.5 Å². The number of hydrogen-bond donors (Lipinski definition) is 1. The molecule has 0 saturated carbocycles. The molecule has 0 spiro atoms. The fourth-order valence-electron chi connectivity index (χ4n) is 2.33. The largest absolute Gasteiger partial charge is 0.490 e. The third-order valence-corrected chi connectivity index (χ3v) is 3.50. The van der Waals surface area contributed by atoms with Gasteiger partial charge in [-0.1, -0.05) is 19.1 Å². The molecular formula is C20H25NO4. The van der Waals surface area contributed by atoms with Crippen LogP contribution in [0.5, 0.6) is 17.2 Å². The molecule has 1 amide bonds. The Labute approximate surface area is 148 Å². The van der Waals surface area contributed by atoms with Crippen LogP contribution in [0.3, 0.4) is 0 Å². The molecule has 25 heavy (non-hydrogen) atoms. The summed E-state index contributed by atoms with van der Waals surface area (Å²) in [6, 6.07) is 13.1. The molecule has 5 heteroatoms.